The maximum atomic E-state index is 12.9. The van der Waals surface area contributed by atoms with E-state index in [1.807, 2.05) is 6.92 Å². The Hall–Kier alpha value is -3.81. The number of methoxy groups -OCH3 is 1. The quantitative estimate of drug-likeness (QED) is 0.558. The largest absolute Gasteiger partial charge is 0.497 e. The molecule has 0 unspecified atom stereocenters. The second-order valence-electron chi connectivity index (χ2n) is 6.62. The zero-order chi connectivity index (χ0) is 22.4. The molecule has 3 aromatic rings. The molecule has 2 aromatic carbocycles. The second kappa shape index (κ2) is 9.80. The molecule has 0 saturated carbocycles. The predicted molar refractivity (Wildman–Crippen MR) is 117 cm³/mol. The van der Waals surface area contributed by atoms with Crippen molar-refractivity contribution in [3.05, 3.63) is 64.4 Å². The standard InChI is InChI=1S/C23H24N2O6/c1-4-25-13-19(23(28)30-5-2)22(27)18-12-15(6-11-20(18)25)24-21(26)14-31-17-9-7-16(29-3)8-10-17/h6-13H,4-5,14H2,1-3H3,(H,24,26). The Morgan fingerprint density at radius 1 is 1.03 bits per heavy atom. The van der Waals surface area contributed by atoms with Gasteiger partial charge in [0, 0.05) is 23.8 Å². The summed E-state index contributed by atoms with van der Waals surface area (Å²) in [5.41, 5.74) is 0.607. The molecule has 8 heteroatoms. The van der Waals surface area contributed by atoms with Gasteiger partial charge in [-0.05, 0) is 56.3 Å². The van der Waals surface area contributed by atoms with Gasteiger partial charge in [-0.15, -0.1) is 0 Å². The van der Waals surface area contributed by atoms with Crippen LogP contribution in [-0.4, -0.2) is 36.8 Å². The van der Waals surface area contributed by atoms with E-state index in [-0.39, 0.29) is 24.7 Å². The molecule has 0 aliphatic carbocycles. The molecule has 0 atom stereocenters. The summed E-state index contributed by atoms with van der Waals surface area (Å²) in [4.78, 5) is 37.3. The van der Waals surface area contributed by atoms with Crippen molar-refractivity contribution in [1.82, 2.24) is 4.57 Å². The van der Waals surface area contributed by atoms with Crippen LogP contribution in [0.15, 0.2) is 53.5 Å². The third kappa shape index (κ3) is 5.03. The first-order chi connectivity index (χ1) is 15.0. The summed E-state index contributed by atoms with van der Waals surface area (Å²) in [6.07, 6.45) is 1.50. The lowest BCUT2D eigenvalue weighted by molar-refractivity contribution is -0.118. The molecule has 1 heterocycles. The number of ether oxygens (including phenoxy) is 3. The Balaban J connectivity index is 1.80. The molecule has 0 saturated heterocycles. The van der Waals surface area contributed by atoms with Gasteiger partial charge in [0.05, 0.1) is 19.2 Å². The number of hydrogen-bond acceptors (Lipinski definition) is 6. The van der Waals surface area contributed by atoms with Crippen molar-refractivity contribution >= 4 is 28.5 Å². The van der Waals surface area contributed by atoms with Crippen molar-refractivity contribution in [2.24, 2.45) is 0 Å². The summed E-state index contributed by atoms with van der Waals surface area (Å²) in [6, 6.07) is 11.8. The van der Waals surface area contributed by atoms with Gasteiger partial charge in [0.1, 0.15) is 17.1 Å². The van der Waals surface area contributed by atoms with E-state index in [1.54, 1.807) is 61.1 Å². The molecule has 0 bridgehead atoms. The van der Waals surface area contributed by atoms with Crippen LogP contribution in [0.5, 0.6) is 11.5 Å². The maximum absolute atomic E-state index is 12.9. The zero-order valence-electron chi connectivity index (χ0n) is 17.6. The average Bonchev–Trinajstić information content (AvgIpc) is 2.78. The molecule has 0 spiro atoms. The monoisotopic (exact) mass is 424 g/mol. The Morgan fingerprint density at radius 3 is 2.39 bits per heavy atom. The number of nitrogens with one attached hydrogen (secondary N) is 1. The predicted octanol–water partition coefficient (Wildman–Crippen LogP) is 3.22. The van der Waals surface area contributed by atoms with Crippen LogP contribution in [0.4, 0.5) is 5.69 Å². The third-order valence-corrected chi connectivity index (χ3v) is 4.63. The van der Waals surface area contributed by atoms with Gasteiger partial charge in [-0.2, -0.15) is 0 Å². The SMILES string of the molecule is CCOC(=O)c1cn(CC)c2ccc(NC(=O)COc3ccc(OC)cc3)cc2c1=O. The van der Waals surface area contributed by atoms with E-state index in [9.17, 15) is 14.4 Å². The van der Waals surface area contributed by atoms with Gasteiger partial charge in [-0.3, -0.25) is 9.59 Å². The number of amides is 1. The van der Waals surface area contributed by atoms with Crippen molar-refractivity contribution in [1.29, 1.82) is 0 Å². The second-order valence-corrected chi connectivity index (χ2v) is 6.62. The van der Waals surface area contributed by atoms with Gasteiger partial charge < -0.3 is 24.1 Å². The lowest BCUT2D eigenvalue weighted by Gasteiger charge is -2.13. The van der Waals surface area contributed by atoms with Gasteiger partial charge in [0.25, 0.3) is 5.91 Å². The fourth-order valence-electron chi connectivity index (χ4n) is 3.11. The number of nitrogens with zero attached hydrogens (tertiary/aromatic N) is 1. The molecule has 1 amide bonds. The minimum Gasteiger partial charge on any atom is -0.497 e. The van der Waals surface area contributed by atoms with Gasteiger partial charge in [-0.25, -0.2) is 4.79 Å². The summed E-state index contributed by atoms with van der Waals surface area (Å²) < 4.78 is 17.3. The zero-order valence-corrected chi connectivity index (χ0v) is 17.6. The van der Waals surface area contributed by atoms with Crippen LogP contribution >= 0.6 is 0 Å². The minimum atomic E-state index is -0.668. The Morgan fingerprint density at radius 2 is 1.74 bits per heavy atom. The summed E-state index contributed by atoms with van der Waals surface area (Å²) in [5.74, 6) is 0.165. The van der Waals surface area contributed by atoms with Crippen LogP contribution in [0.3, 0.4) is 0 Å². The molecule has 0 radical (unpaired) electrons. The van der Waals surface area contributed by atoms with E-state index in [4.69, 9.17) is 14.2 Å². The Kier molecular flexibility index (Phi) is 6.92. The number of esters is 1. The summed E-state index contributed by atoms with van der Waals surface area (Å²) in [5, 5.41) is 3.03. The summed E-state index contributed by atoms with van der Waals surface area (Å²) in [7, 11) is 1.57. The van der Waals surface area contributed by atoms with Crippen LogP contribution in [0.2, 0.25) is 0 Å². The number of rotatable bonds is 8. The molecule has 31 heavy (non-hydrogen) atoms. The van der Waals surface area contributed by atoms with Crippen molar-refractivity contribution in [3.8, 4) is 11.5 Å². The van der Waals surface area contributed by atoms with E-state index >= 15 is 0 Å². The van der Waals surface area contributed by atoms with Crippen molar-refractivity contribution < 1.29 is 23.8 Å². The topological polar surface area (TPSA) is 95.9 Å². The van der Waals surface area contributed by atoms with Crippen LogP contribution in [0, 0.1) is 0 Å². The van der Waals surface area contributed by atoms with E-state index in [2.05, 4.69) is 5.32 Å². The molecule has 0 aliphatic rings. The van der Waals surface area contributed by atoms with Gasteiger partial charge in [0.15, 0.2) is 6.61 Å². The van der Waals surface area contributed by atoms with Crippen LogP contribution in [-0.2, 0) is 16.1 Å². The number of fused-ring (bicyclic) bond motifs is 1. The van der Waals surface area contributed by atoms with Crippen molar-refractivity contribution in [2.45, 2.75) is 20.4 Å². The first-order valence-electron chi connectivity index (χ1n) is 9.87. The van der Waals surface area contributed by atoms with E-state index < -0.39 is 11.4 Å². The first kappa shape index (κ1) is 21.9. The summed E-state index contributed by atoms with van der Waals surface area (Å²) in [6.45, 7) is 4.12. The van der Waals surface area contributed by atoms with Gasteiger partial charge in [-0.1, -0.05) is 0 Å². The molecule has 8 nitrogen and oxygen atoms in total. The molecular weight excluding hydrogens is 400 g/mol. The number of pyridine rings is 1. The minimum absolute atomic E-state index is 0.0393. The Labute approximate surface area is 179 Å². The number of anilines is 1. The number of carbonyl (C=O) groups excluding carboxylic acids is 2. The number of benzene rings is 2. The number of carbonyl (C=O) groups is 2. The first-order valence-corrected chi connectivity index (χ1v) is 9.87. The fraction of sp³-hybridized carbons (Fsp3) is 0.261. The number of aromatic nitrogens is 1. The summed E-state index contributed by atoms with van der Waals surface area (Å²) >= 11 is 0. The van der Waals surface area contributed by atoms with Crippen LogP contribution in [0.25, 0.3) is 10.9 Å². The highest BCUT2D eigenvalue weighted by molar-refractivity contribution is 5.97. The van der Waals surface area contributed by atoms with Crippen molar-refractivity contribution in [2.75, 3.05) is 25.6 Å². The number of aryl methyl sites for hydroxylation is 1. The Bertz CT molecular complexity index is 1150. The van der Waals surface area contributed by atoms with E-state index in [1.165, 1.54) is 6.20 Å². The van der Waals surface area contributed by atoms with Gasteiger partial charge >= 0.3 is 5.97 Å². The molecule has 3 rings (SSSR count). The van der Waals surface area contributed by atoms with Gasteiger partial charge in [0.2, 0.25) is 5.43 Å². The lowest BCUT2D eigenvalue weighted by Crippen LogP contribution is -2.22. The number of hydrogen-bond donors (Lipinski definition) is 1. The fourth-order valence-corrected chi connectivity index (χ4v) is 3.11. The lowest BCUT2D eigenvalue weighted by atomic mass is 10.1. The highest BCUT2D eigenvalue weighted by atomic mass is 16.5. The van der Waals surface area contributed by atoms with Crippen molar-refractivity contribution in [3.63, 3.8) is 0 Å². The van der Waals surface area contributed by atoms with E-state index in [0.717, 1.165) is 0 Å². The molecular formula is C23H24N2O6. The normalized spacial score (nSPS) is 10.5. The average molecular weight is 424 g/mol. The highest BCUT2D eigenvalue weighted by Gasteiger charge is 2.17. The van der Waals surface area contributed by atoms with Crippen LogP contribution < -0.4 is 20.2 Å². The molecule has 0 fully saturated rings. The highest BCUT2D eigenvalue weighted by Crippen LogP contribution is 2.19. The smallest absolute Gasteiger partial charge is 0.343 e. The molecule has 0 aliphatic heterocycles. The third-order valence-electron chi connectivity index (χ3n) is 4.63. The molecule has 162 valence electrons. The molecule has 1 aromatic heterocycles. The van der Waals surface area contributed by atoms with E-state index in [0.29, 0.717) is 34.6 Å². The van der Waals surface area contributed by atoms with Crippen LogP contribution in [0.1, 0.15) is 24.2 Å². The maximum Gasteiger partial charge on any atom is 0.343 e. The molecule has 1 N–H and O–H groups in total.